The highest BCUT2D eigenvalue weighted by Gasteiger charge is 2.17. The molecule has 0 saturated carbocycles. The summed E-state index contributed by atoms with van der Waals surface area (Å²) < 4.78 is 38.3. The number of fused-ring (bicyclic) bond motifs is 1. The van der Waals surface area contributed by atoms with E-state index in [0.717, 1.165) is 16.7 Å². The number of benzene rings is 3. The molecule has 0 unspecified atom stereocenters. The van der Waals surface area contributed by atoms with Crippen LogP contribution in [0.15, 0.2) is 98.4 Å². The van der Waals surface area contributed by atoms with Gasteiger partial charge in [0.25, 0.3) is 15.9 Å². The zero-order chi connectivity index (χ0) is 26.0. The molecule has 2 aromatic heterocycles. The van der Waals surface area contributed by atoms with Crippen LogP contribution in [0.25, 0.3) is 22.2 Å². The minimum absolute atomic E-state index is 0.0524. The lowest BCUT2D eigenvalue weighted by atomic mass is 10.1. The molecule has 2 heterocycles. The molecule has 5 aromatic rings. The molecule has 3 aromatic carbocycles. The molecule has 1 amide bonds. The summed E-state index contributed by atoms with van der Waals surface area (Å²) in [4.78, 5) is 29.7. The van der Waals surface area contributed by atoms with Gasteiger partial charge in [-0.1, -0.05) is 24.3 Å². The van der Waals surface area contributed by atoms with Crippen LogP contribution in [0.1, 0.15) is 10.4 Å². The van der Waals surface area contributed by atoms with E-state index in [2.05, 4.69) is 15.0 Å². The number of carbonyl (C=O) groups is 1. The Morgan fingerprint density at radius 3 is 2.57 bits per heavy atom. The first-order chi connectivity index (χ1) is 17.8. The number of ether oxygens (including phenoxy) is 1. The van der Waals surface area contributed by atoms with Crippen LogP contribution in [0.5, 0.6) is 5.75 Å². The monoisotopic (exact) mass is 533 g/mol. The van der Waals surface area contributed by atoms with E-state index in [1.165, 1.54) is 25.3 Å². The average Bonchev–Trinajstić information content (AvgIpc) is 3.36. The second-order valence-corrected chi connectivity index (χ2v) is 10.4. The molecule has 2 N–H and O–H groups in total. The first-order valence-corrected chi connectivity index (χ1v) is 13.3. The molecule has 0 radical (unpaired) electrons. The fourth-order valence-electron chi connectivity index (χ4n) is 3.56. The number of methoxy groups -OCH3 is 1. The van der Waals surface area contributed by atoms with Gasteiger partial charge in [0.05, 0.1) is 23.3 Å². The predicted molar refractivity (Wildman–Crippen MR) is 142 cm³/mol. The van der Waals surface area contributed by atoms with Gasteiger partial charge in [-0.2, -0.15) is 0 Å². The van der Waals surface area contributed by atoms with Gasteiger partial charge in [-0.3, -0.25) is 14.8 Å². The second kappa shape index (κ2) is 9.88. The van der Waals surface area contributed by atoms with Crippen LogP contribution in [0, 0.1) is 0 Å². The number of nitrogens with zero attached hydrogens (tertiary/aromatic N) is 1. The highest BCUT2D eigenvalue weighted by atomic mass is 32.2. The van der Waals surface area contributed by atoms with Crippen molar-refractivity contribution in [3.63, 3.8) is 0 Å². The number of sulfonamides is 1. The third-order valence-corrected chi connectivity index (χ3v) is 7.54. The predicted octanol–water partition coefficient (Wildman–Crippen LogP) is 4.98. The zero-order valence-electron chi connectivity index (χ0n) is 19.3. The van der Waals surface area contributed by atoms with Gasteiger partial charge < -0.3 is 9.15 Å². The van der Waals surface area contributed by atoms with E-state index in [-0.39, 0.29) is 26.8 Å². The minimum atomic E-state index is -3.87. The topological polar surface area (TPSA) is 128 Å². The molecule has 0 spiro atoms. The Morgan fingerprint density at radius 1 is 1.00 bits per heavy atom. The molecule has 5 rings (SSSR count). The van der Waals surface area contributed by atoms with Crippen molar-refractivity contribution < 1.29 is 22.4 Å². The van der Waals surface area contributed by atoms with E-state index in [1.54, 1.807) is 53.9 Å². The van der Waals surface area contributed by atoms with E-state index in [4.69, 9.17) is 9.15 Å². The molecule has 0 aliphatic rings. The number of hydrogen-bond donors (Lipinski definition) is 2. The first kappa shape index (κ1) is 24.2. The Labute approximate surface area is 215 Å². The van der Waals surface area contributed by atoms with Gasteiger partial charge in [-0.15, -0.1) is 11.3 Å². The first-order valence-electron chi connectivity index (χ1n) is 10.9. The van der Waals surface area contributed by atoms with Gasteiger partial charge >= 0.3 is 5.63 Å². The fourth-order valence-corrected chi connectivity index (χ4v) is 5.31. The number of thiazole rings is 1. The summed E-state index contributed by atoms with van der Waals surface area (Å²) in [6.45, 7) is 0. The summed E-state index contributed by atoms with van der Waals surface area (Å²) in [6.07, 6.45) is 0. The number of amides is 1. The van der Waals surface area contributed by atoms with Crippen molar-refractivity contribution in [3.8, 4) is 17.0 Å². The van der Waals surface area contributed by atoms with Crippen LogP contribution in [0.3, 0.4) is 0 Å². The molecular formula is C26H19N3O6S2. The van der Waals surface area contributed by atoms with Crippen LogP contribution >= 0.6 is 11.3 Å². The van der Waals surface area contributed by atoms with E-state index in [1.807, 2.05) is 12.1 Å². The van der Waals surface area contributed by atoms with Crippen molar-refractivity contribution in [2.75, 3.05) is 17.1 Å². The van der Waals surface area contributed by atoms with Gasteiger partial charge in [0.2, 0.25) is 0 Å². The largest absolute Gasteiger partial charge is 0.497 e. The molecule has 0 bridgehead atoms. The minimum Gasteiger partial charge on any atom is -0.497 e. The third-order valence-electron chi connectivity index (χ3n) is 5.39. The normalized spacial score (nSPS) is 11.3. The van der Waals surface area contributed by atoms with Crippen molar-refractivity contribution in [3.05, 3.63) is 100 Å². The number of rotatable bonds is 7. The van der Waals surface area contributed by atoms with Gasteiger partial charge in [-0.05, 0) is 54.6 Å². The lowest BCUT2D eigenvalue weighted by Crippen LogP contribution is -2.15. The van der Waals surface area contributed by atoms with Gasteiger partial charge in [0, 0.05) is 22.0 Å². The number of hydrogen-bond acceptors (Lipinski definition) is 8. The Bertz CT molecular complexity index is 1780. The molecule has 11 heteroatoms. The van der Waals surface area contributed by atoms with Crippen molar-refractivity contribution in [1.82, 2.24) is 4.98 Å². The highest BCUT2D eigenvalue weighted by molar-refractivity contribution is 7.92. The molecule has 0 fully saturated rings. The molecule has 186 valence electrons. The molecule has 37 heavy (non-hydrogen) atoms. The Kier molecular flexibility index (Phi) is 6.47. The quantitative estimate of drug-likeness (QED) is 0.283. The number of anilines is 2. The molecular weight excluding hydrogens is 514 g/mol. The Hall–Kier alpha value is -4.48. The number of nitrogens with one attached hydrogen (secondary N) is 2. The highest BCUT2D eigenvalue weighted by Crippen LogP contribution is 2.26. The number of carbonyl (C=O) groups excluding carboxylic acids is 1. The molecule has 0 atom stereocenters. The maximum Gasteiger partial charge on any atom is 0.345 e. The summed E-state index contributed by atoms with van der Waals surface area (Å²) in [6, 6.07) is 20.9. The van der Waals surface area contributed by atoms with Gasteiger partial charge in [0.1, 0.15) is 11.3 Å². The average molecular weight is 534 g/mol. The maximum atomic E-state index is 12.8. The standard InChI is InChI=1S/C26H19N3O6S2/c1-34-19-9-11-20(12-10-19)37(32,33)29-18-7-4-6-17(13-18)24(30)28-26-27-22(15-36-26)21-14-16-5-2-3-8-23(16)35-25(21)31/h2-15,29H,1H3,(H,27,28,30). The molecule has 0 aliphatic carbocycles. The van der Waals surface area contributed by atoms with E-state index in [0.29, 0.717) is 17.0 Å². The summed E-state index contributed by atoms with van der Waals surface area (Å²) >= 11 is 1.15. The van der Waals surface area contributed by atoms with Crippen LogP contribution in [0.2, 0.25) is 0 Å². The van der Waals surface area contributed by atoms with E-state index in [9.17, 15) is 18.0 Å². The molecule has 9 nitrogen and oxygen atoms in total. The SMILES string of the molecule is COc1ccc(S(=O)(=O)Nc2cccc(C(=O)Nc3nc(-c4cc5ccccc5oc4=O)cs3)c2)cc1. The van der Waals surface area contributed by atoms with Crippen molar-refractivity contribution in [2.45, 2.75) is 4.90 Å². The smallest absolute Gasteiger partial charge is 0.345 e. The third kappa shape index (κ3) is 5.22. The van der Waals surface area contributed by atoms with E-state index >= 15 is 0 Å². The summed E-state index contributed by atoms with van der Waals surface area (Å²) in [5.74, 6) is 0.0430. The van der Waals surface area contributed by atoms with Crippen molar-refractivity contribution >= 4 is 49.1 Å². The van der Waals surface area contributed by atoms with Crippen LogP contribution < -0.4 is 20.4 Å². The maximum absolute atomic E-state index is 12.8. The second-order valence-electron chi connectivity index (χ2n) is 7.84. The van der Waals surface area contributed by atoms with E-state index < -0.39 is 21.6 Å². The number of para-hydroxylation sites is 1. The zero-order valence-corrected chi connectivity index (χ0v) is 20.9. The molecule has 0 saturated heterocycles. The van der Waals surface area contributed by atoms with Crippen LogP contribution in [0.4, 0.5) is 10.8 Å². The Balaban J connectivity index is 1.32. The summed E-state index contributed by atoms with van der Waals surface area (Å²) in [5.41, 5.74) is 1.04. The summed E-state index contributed by atoms with van der Waals surface area (Å²) in [5, 5.41) is 5.36. The van der Waals surface area contributed by atoms with Gasteiger partial charge in [-0.25, -0.2) is 18.2 Å². The van der Waals surface area contributed by atoms with Crippen LogP contribution in [-0.2, 0) is 10.0 Å². The van der Waals surface area contributed by atoms with Crippen LogP contribution in [-0.4, -0.2) is 26.4 Å². The lowest BCUT2D eigenvalue weighted by Gasteiger charge is -2.10. The van der Waals surface area contributed by atoms with Crippen molar-refractivity contribution in [1.29, 1.82) is 0 Å². The molecule has 0 aliphatic heterocycles. The summed E-state index contributed by atoms with van der Waals surface area (Å²) in [7, 11) is -2.38. The Morgan fingerprint density at radius 2 is 1.78 bits per heavy atom. The fraction of sp³-hybridized carbons (Fsp3) is 0.0385. The van der Waals surface area contributed by atoms with Crippen molar-refractivity contribution in [2.24, 2.45) is 0 Å². The van der Waals surface area contributed by atoms with Gasteiger partial charge in [0.15, 0.2) is 5.13 Å². The number of aromatic nitrogens is 1. The lowest BCUT2D eigenvalue weighted by molar-refractivity contribution is 0.102.